The molecule has 2 aromatic rings. The quantitative estimate of drug-likeness (QED) is 0.943. The molecule has 23 heavy (non-hydrogen) atoms. The van der Waals surface area contributed by atoms with Gasteiger partial charge in [-0.3, -0.25) is 4.79 Å². The number of benzene rings is 2. The van der Waals surface area contributed by atoms with Crippen LogP contribution < -0.4 is 5.32 Å². The Hall–Kier alpha value is -2.76. The predicted molar refractivity (Wildman–Crippen MR) is 82.2 cm³/mol. The smallest absolute Gasteiger partial charge is 0.268 e. The summed E-state index contributed by atoms with van der Waals surface area (Å²) in [6.45, 7) is 1.64. The van der Waals surface area contributed by atoms with Gasteiger partial charge in [-0.15, -0.1) is 0 Å². The molecule has 0 spiro atoms. The van der Waals surface area contributed by atoms with E-state index in [9.17, 15) is 13.6 Å². The zero-order chi connectivity index (χ0) is 16.4. The summed E-state index contributed by atoms with van der Waals surface area (Å²) in [5.41, 5.74) is 2.13. The molecule has 1 aliphatic rings. The van der Waals surface area contributed by atoms with Crippen LogP contribution in [-0.4, -0.2) is 17.7 Å². The number of carbonyl (C=O) groups is 1. The lowest BCUT2D eigenvalue weighted by Crippen LogP contribution is -2.28. The highest BCUT2D eigenvalue weighted by atomic mass is 19.1. The molecule has 1 N–H and O–H groups in total. The third kappa shape index (κ3) is 3.36. The second kappa shape index (κ2) is 6.16. The van der Waals surface area contributed by atoms with Gasteiger partial charge in [-0.25, -0.2) is 8.78 Å². The molecule has 118 valence electrons. The first-order valence-corrected chi connectivity index (χ1v) is 7.08. The normalized spacial score (nSPS) is 16.7. The van der Waals surface area contributed by atoms with E-state index in [0.717, 1.165) is 0 Å². The topological polar surface area (TPSA) is 50.7 Å². The minimum atomic E-state index is -0.792. The number of amides is 1. The van der Waals surface area contributed by atoms with Crippen molar-refractivity contribution in [1.82, 2.24) is 0 Å². The number of carbonyl (C=O) groups excluding carboxylic acids is 1. The molecule has 1 heterocycles. The summed E-state index contributed by atoms with van der Waals surface area (Å²) in [7, 11) is 0. The highest BCUT2D eigenvalue weighted by Crippen LogP contribution is 2.20. The highest BCUT2D eigenvalue weighted by Gasteiger charge is 2.29. The molecule has 4 nitrogen and oxygen atoms in total. The largest absolute Gasteiger partial charge is 0.382 e. The number of halogens is 2. The standard InChI is InChI=1S/C17H14F2N2O2/c1-10-2-7-13(8-14(10)19)20-17(22)16-9-15(21-23-16)11-3-5-12(18)6-4-11/h2-8,16H,9H2,1H3,(H,20,22). The third-order valence-corrected chi connectivity index (χ3v) is 3.58. The summed E-state index contributed by atoms with van der Waals surface area (Å²) < 4.78 is 26.4. The Bertz CT molecular complexity index is 773. The van der Waals surface area contributed by atoms with E-state index in [2.05, 4.69) is 10.5 Å². The second-order valence-corrected chi connectivity index (χ2v) is 5.30. The Morgan fingerprint density at radius 1 is 1.22 bits per heavy atom. The second-order valence-electron chi connectivity index (χ2n) is 5.30. The van der Waals surface area contributed by atoms with Gasteiger partial charge in [0.2, 0.25) is 6.10 Å². The molecule has 3 rings (SSSR count). The third-order valence-electron chi connectivity index (χ3n) is 3.58. The minimum absolute atomic E-state index is 0.270. The zero-order valence-corrected chi connectivity index (χ0v) is 12.3. The number of aryl methyl sites for hydroxylation is 1. The molecule has 2 aromatic carbocycles. The molecule has 0 saturated heterocycles. The van der Waals surface area contributed by atoms with E-state index in [1.165, 1.54) is 18.2 Å². The van der Waals surface area contributed by atoms with Gasteiger partial charge in [-0.05, 0) is 42.3 Å². The van der Waals surface area contributed by atoms with E-state index < -0.39 is 17.8 Å². The van der Waals surface area contributed by atoms with Crippen molar-refractivity contribution in [2.75, 3.05) is 5.32 Å². The average Bonchev–Trinajstić information content (AvgIpc) is 3.02. The van der Waals surface area contributed by atoms with Crippen LogP contribution in [0.4, 0.5) is 14.5 Å². The van der Waals surface area contributed by atoms with Crippen molar-refractivity contribution in [3.8, 4) is 0 Å². The van der Waals surface area contributed by atoms with Gasteiger partial charge < -0.3 is 10.2 Å². The van der Waals surface area contributed by atoms with Crippen LogP contribution >= 0.6 is 0 Å². The summed E-state index contributed by atoms with van der Waals surface area (Å²) in [6, 6.07) is 10.2. The Labute approximate surface area is 131 Å². The van der Waals surface area contributed by atoms with E-state index >= 15 is 0 Å². The van der Waals surface area contributed by atoms with Crippen LogP contribution in [0.25, 0.3) is 0 Å². The first kappa shape index (κ1) is 15.1. The van der Waals surface area contributed by atoms with Gasteiger partial charge >= 0.3 is 0 Å². The lowest BCUT2D eigenvalue weighted by atomic mass is 10.0. The minimum Gasteiger partial charge on any atom is -0.382 e. The number of anilines is 1. The molecule has 0 fully saturated rings. The Balaban J connectivity index is 1.64. The molecule has 1 amide bonds. The number of oxime groups is 1. The molecule has 0 aliphatic carbocycles. The van der Waals surface area contributed by atoms with Gasteiger partial charge in [-0.2, -0.15) is 0 Å². The molecule has 0 saturated carbocycles. The summed E-state index contributed by atoms with van der Waals surface area (Å²) in [5.74, 6) is -1.14. The van der Waals surface area contributed by atoms with E-state index in [1.54, 1.807) is 31.2 Å². The summed E-state index contributed by atoms with van der Waals surface area (Å²) in [4.78, 5) is 17.3. The van der Waals surface area contributed by atoms with Crippen LogP contribution in [-0.2, 0) is 9.63 Å². The van der Waals surface area contributed by atoms with Crippen LogP contribution in [0.15, 0.2) is 47.6 Å². The Morgan fingerprint density at radius 2 is 1.96 bits per heavy atom. The fourth-order valence-corrected chi connectivity index (χ4v) is 2.22. The number of nitrogens with one attached hydrogen (secondary N) is 1. The molecule has 1 unspecified atom stereocenters. The van der Waals surface area contributed by atoms with Crippen LogP contribution in [0, 0.1) is 18.6 Å². The van der Waals surface area contributed by atoms with Gasteiger partial charge in [0.25, 0.3) is 5.91 Å². The van der Waals surface area contributed by atoms with E-state index in [0.29, 0.717) is 22.5 Å². The maximum atomic E-state index is 13.5. The lowest BCUT2D eigenvalue weighted by Gasteiger charge is -2.10. The fourth-order valence-electron chi connectivity index (χ4n) is 2.22. The Morgan fingerprint density at radius 3 is 2.65 bits per heavy atom. The van der Waals surface area contributed by atoms with Gasteiger partial charge in [-0.1, -0.05) is 23.4 Å². The SMILES string of the molecule is Cc1ccc(NC(=O)C2CC(c3ccc(F)cc3)=NO2)cc1F. The van der Waals surface area contributed by atoms with Crippen molar-refractivity contribution in [3.63, 3.8) is 0 Å². The maximum absolute atomic E-state index is 13.5. The summed E-state index contributed by atoms with van der Waals surface area (Å²) in [6.07, 6.45) is -0.523. The molecular formula is C17H14F2N2O2. The molecule has 1 aliphatic heterocycles. The first-order chi connectivity index (χ1) is 11.0. The predicted octanol–water partition coefficient (Wildman–Crippen LogP) is 3.40. The number of rotatable bonds is 3. The summed E-state index contributed by atoms with van der Waals surface area (Å²) in [5, 5.41) is 6.47. The lowest BCUT2D eigenvalue weighted by molar-refractivity contribution is -0.125. The Kier molecular flexibility index (Phi) is 4.06. The van der Waals surface area contributed by atoms with Crippen molar-refractivity contribution in [2.45, 2.75) is 19.4 Å². The summed E-state index contributed by atoms with van der Waals surface area (Å²) >= 11 is 0. The number of hydrogen-bond donors (Lipinski definition) is 1. The van der Waals surface area contributed by atoms with Crippen LogP contribution in [0.5, 0.6) is 0 Å². The zero-order valence-electron chi connectivity index (χ0n) is 12.3. The molecule has 0 radical (unpaired) electrons. The van der Waals surface area contributed by atoms with Gasteiger partial charge in [0.1, 0.15) is 11.6 Å². The number of hydrogen-bond acceptors (Lipinski definition) is 3. The van der Waals surface area contributed by atoms with Crippen LogP contribution in [0.3, 0.4) is 0 Å². The van der Waals surface area contributed by atoms with Crippen molar-refractivity contribution < 1.29 is 18.4 Å². The maximum Gasteiger partial charge on any atom is 0.268 e. The fraction of sp³-hybridized carbons (Fsp3) is 0.176. The van der Waals surface area contributed by atoms with Crippen LogP contribution in [0.1, 0.15) is 17.5 Å². The van der Waals surface area contributed by atoms with Crippen molar-refractivity contribution in [1.29, 1.82) is 0 Å². The van der Waals surface area contributed by atoms with Crippen LogP contribution in [0.2, 0.25) is 0 Å². The van der Waals surface area contributed by atoms with E-state index in [-0.39, 0.29) is 12.2 Å². The number of nitrogens with zero attached hydrogens (tertiary/aromatic N) is 1. The monoisotopic (exact) mass is 316 g/mol. The van der Waals surface area contributed by atoms with E-state index in [1.807, 2.05) is 0 Å². The van der Waals surface area contributed by atoms with E-state index in [4.69, 9.17) is 4.84 Å². The first-order valence-electron chi connectivity index (χ1n) is 7.08. The molecule has 0 aromatic heterocycles. The van der Waals surface area contributed by atoms with Crippen molar-refractivity contribution in [3.05, 3.63) is 65.2 Å². The van der Waals surface area contributed by atoms with Gasteiger partial charge in [0.15, 0.2) is 0 Å². The average molecular weight is 316 g/mol. The van der Waals surface area contributed by atoms with Gasteiger partial charge in [0.05, 0.1) is 5.71 Å². The van der Waals surface area contributed by atoms with Gasteiger partial charge in [0, 0.05) is 12.1 Å². The molecule has 6 heteroatoms. The highest BCUT2D eigenvalue weighted by molar-refractivity contribution is 6.06. The molecule has 1 atom stereocenters. The van der Waals surface area contributed by atoms with Crippen molar-refractivity contribution >= 4 is 17.3 Å². The van der Waals surface area contributed by atoms with Crippen molar-refractivity contribution in [2.24, 2.45) is 5.16 Å². The molecule has 0 bridgehead atoms. The molecular weight excluding hydrogens is 302 g/mol.